The summed E-state index contributed by atoms with van der Waals surface area (Å²) in [4.78, 5) is 10.1. The first-order valence-corrected chi connectivity index (χ1v) is 8.66. The van der Waals surface area contributed by atoms with Crippen molar-refractivity contribution in [2.75, 3.05) is 7.11 Å². The molecular weight excluding hydrogens is 340 g/mol. The number of nitrogens with zero attached hydrogens (tertiary/aromatic N) is 2. The lowest BCUT2D eigenvalue weighted by Gasteiger charge is -2.06. The minimum Gasteiger partial charge on any atom is -0.497 e. The van der Waals surface area contributed by atoms with E-state index in [4.69, 9.17) is 21.3 Å². The number of hydrogen-bond acceptors (Lipinski definition) is 4. The van der Waals surface area contributed by atoms with Gasteiger partial charge in [0.1, 0.15) is 15.7 Å². The van der Waals surface area contributed by atoms with Crippen molar-refractivity contribution in [2.24, 2.45) is 0 Å². The van der Waals surface area contributed by atoms with E-state index in [2.05, 4.69) is 22.5 Å². The molecule has 2 heterocycles. The maximum atomic E-state index is 6.51. The Morgan fingerprint density at radius 2 is 1.75 bits per heavy atom. The molecule has 0 saturated heterocycles. The number of methoxy groups -OCH3 is 1. The van der Waals surface area contributed by atoms with E-state index in [0.29, 0.717) is 11.0 Å². The van der Waals surface area contributed by atoms with Gasteiger partial charge in [-0.25, -0.2) is 9.97 Å². The molecule has 0 unspecified atom stereocenters. The second kappa shape index (κ2) is 6.23. The third kappa shape index (κ3) is 2.64. The summed E-state index contributed by atoms with van der Waals surface area (Å²) in [5, 5.41) is 3.45. The summed E-state index contributed by atoms with van der Waals surface area (Å²) in [5.74, 6) is 1.37. The van der Waals surface area contributed by atoms with E-state index in [1.54, 1.807) is 18.4 Å². The third-order valence-corrected chi connectivity index (χ3v) is 4.95. The van der Waals surface area contributed by atoms with Gasteiger partial charge in [-0.05, 0) is 17.7 Å². The zero-order valence-corrected chi connectivity index (χ0v) is 14.4. The van der Waals surface area contributed by atoms with E-state index in [1.165, 1.54) is 0 Å². The Labute approximate surface area is 148 Å². The highest BCUT2D eigenvalue weighted by molar-refractivity contribution is 7.17. The Bertz CT molecular complexity index is 1010. The number of ether oxygens (including phenoxy) is 1. The standard InChI is InChI=1S/C19H13ClN2OS/c1-23-14-9-5-8-13(10-14)18-21-17(20)16-15(11-24-19(16)22-18)12-6-3-2-4-7-12/h2-11H,1H3. The van der Waals surface area contributed by atoms with Crippen LogP contribution in [0.4, 0.5) is 0 Å². The molecule has 118 valence electrons. The van der Waals surface area contributed by atoms with Gasteiger partial charge in [-0.2, -0.15) is 0 Å². The first kappa shape index (κ1) is 15.1. The van der Waals surface area contributed by atoms with Crippen LogP contribution in [0, 0.1) is 0 Å². The number of fused-ring (bicyclic) bond motifs is 1. The molecule has 5 heteroatoms. The highest BCUT2D eigenvalue weighted by Gasteiger charge is 2.15. The van der Waals surface area contributed by atoms with Crippen LogP contribution in [-0.4, -0.2) is 17.1 Å². The van der Waals surface area contributed by atoms with Gasteiger partial charge in [0, 0.05) is 16.5 Å². The van der Waals surface area contributed by atoms with E-state index < -0.39 is 0 Å². The fourth-order valence-corrected chi connectivity index (χ4v) is 3.90. The molecule has 0 amide bonds. The molecule has 0 saturated carbocycles. The van der Waals surface area contributed by atoms with Gasteiger partial charge >= 0.3 is 0 Å². The molecule has 4 aromatic rings. The Hall–Kier alpha value is -2.43. The van der Waals surface area contributed by atoms with Gasteiger partial charge in [-0.3, -0.25) is 0 Å². The van der Waals surface area contributed by atoms with Gasteiger partial charge < -0.3 is 4.74 Å². The van der Waals surface area contributed by atoms with E-state index in [9.17, 15) is 0 Å². The van der Waals surface area contributed by atoms with Crippen molar-refractivity contribution in [3.05, 3.63) is 65.1 Å². The van der Waals surface area contributed by atoms with Crippen molar-refractivity contribution >= 4 is 33.2 Å². The molecular formula is C19H13ClN2OS. The monoisotopic (exact) mass is 352 g/mol. The fourth-order valence-electron chi connectivity index (χ4n) is 2.62. The molecule has 4 rings (SSSR count). The highest BCUT2D eigenvalue weighted by atomic mass is 35.5. The zero-order chi connectivity index (χ0) is 16.5. The van der Waals surface area contributed by atoms with E-state index in [1.807, 2.05) is 42.5 Å². The zero-order valence-electron chi connectivity index (χ0n) is 12.9. The molecule has 0 bridgehead atoms. The Balaban J connectivity index is 1.87. The van der Waals surface area contributed by atoms with Crippen LogP contribution in [0.3, 0.4) is 0 Å². The lowest BCUT2D eigenvalue weighted by molar-refractivity contribution is 0.415. The van der Waals surface area contributed by atoms with Crippen molar-refractivity contribution in [2.45, 2.75) is 0 Å². The molecule has 0 aliphatic heterocycles. The summed E-state index contributed by atoms with van der Waals surface area (Å²) in [5.41, 5.74) is 3.06. The molecule has 0 atom stereocenters. The minimum absolute atomic E-state index is 0.470. The maximum absolute atomic E-state index is 6.51. The molecule has 0 N–H and O–H groups in total. The molecule has 2 aromatic heterocycles. The Morgan fingerprint density at radius 3 is 2.54 bits per heavy atom. The smallest absolute Gasteiger partial charge is 0.162 e. The lowest BCUT2D eigenvalue weighted by Crippen LogP contribution is -1.91. The molecule has 0 radical (unpaired) electrons. The molecule has 2 aromatic carbocycles. The van der Waals surface area contributed by atoms with Crippen LogP contribution in [0.25, 0.3) is 32.7 Å². The first-order valence-electron chi connectivity index (χ1n) is 7.41. The maximum Gasteiger partial charge on any atom is 0.162 e. The van der Waals surface area contributed by atoms with Crippen molar-refractivity contribution in [3.8, 4) is 28.3 Å². The molecule has 0 aliphatic carbocycles. The van der Waals surface area contributed by atoms with Gasteiger partial charge in [-0.15, -0.1) is 11.3 Å². The second-order valence-electron chi connectivity index (χ2n) is 5.27. The van der Waals surface area contributed by atoms with Crippen LogP contribution in [0.2, 0.25) is 5.15 Å². The SMILES string of the molecule is COc1cccc(-c2nc(Cl)c3c(-c4ccccc4)csc3n2)c1. The molecule has 0 fully saturated rings. The normalized spacial score (nSPS) is 10.9. The quantitative estimate of drug-likeness (QED) is 0.444. The Kier molecular flexibility index (Phi) is 3.92. The lowest BCUT2D eigenvalue weighted by atomic mass is 10.1. The summed E-state index contributed by atoms with van der Waals surface area (Å²) in [6.45, 7) is 0. The summed E-state index contributed by atoms with van der Waals surface area (Å²) in [7, 11) is 1.64. The van der Waals surface area contributed by atoms with Crippen LogP contribution in [0.5, 0.6) is 5.75 Å². The Morgan fingerprint density at radius 1 is 0.958 bits per heavy atom. The number of thiophene rings is 1. The average Bonchev–Trinajstić information content (AvgIpc) is 3.07. The van der Waals surface area contributed by atoms with Crippen LogP contribution >= 0.6 is 22.9 Å². The van der Waals surface area contributed by atoms with Gasteiger partial charge in [0.25, 0.3) is 0 Å². The van der Waals surface area contributed by atoms with E-state index in [0.717, 1.165) is 32.7 Å². The number of benzene rings is 2. The highest BCUT2D eigenvalue weighted by Crippen LogP contribution is 2.37. The van der Waals surface area contributed by atoms with Crippen molar-refractivity contribution < 1.29 is 4.74 Å². The predicted octanol–water partition coefficient (Wildman–Crippen LogP) is 5.69. The second-order valence-corrected chi connectivity index (χ2v) is 6.48. The predicted molar refractivity (Wildman–Crippen MR) is 99.8 cm³/mol. The fraction of sp³-hybridized carbons (Fsp3) is 0.0526. The van der Waals surface area contributed by atoms with Crippen molar-refractivity contribution in [1.29, 1.82) is 0 Å². The average molecular weight is 353 g/mol. The molecule has 0 spiro atoms. The van der Waals surface area contributed by atoms with Gasteiger partial charge in [-0.1, -0.05) is 54.1 Å². The van der Waals surface area contributed by atoms with Crippen molar-refractivity contribution in [3.63, 3.8) is 0 Å². The van der Waals surface area contributed by atoms with Crippen molar-refractivity contribution in [1.82, 2.24) is 9.97 Å². The summed E-state index contributed by atoms with van der Waals surface area (Å²) in [6, 6.07) is 17.8. The van der Waals surface area contributed by atoms with Crippen LogP contribution < -0.4 is 4.74 Å². The molecule has 24 heavy (non-hydrogen) atoms. The molecule has 0 aliphatic rings. The number of hydrogen-bond donors (Lipinski definition) is 0. The largest absolute Gasteiger partial charge is 0.497 e. The minimum atomic E-state index is 0.470. The van der Waals surface area contributed by atoms with Crippen LogP contribution in [0.15, 0.2) is 60.0 Å². The number of rotatable bonds is 3. The first-order chi connectivity index (χ1) is 11.8. The third-order valence-electron chi connectivity index (χ3n) is 3.80. The number of aromatic nitrogens is 2. The summed E-state index contributed by atoms with van der Waals surface area (Å²) < 4.78 is 5.27. The van der Waals surface area contributed by atoms with Gasteiger partial charge in [0.15, 0.2) is 5.82 Å². The summed E-state index contributed by atoms with van der Waals surface area (Å²) >= 11 is 8.08. The number of halogens is 1. The van der Waals surface area contributed by atoms with E-state index >= 15 is 0 Å². The van der Waals surface area contributed by atoms with E-state index in [-0.39, 0.29) is 0 Å². The molecule has 3 nitrogen and oxygen atoms in total. The van der Waals surface area contributed by atoms with Crippen LogP contribution in [-0.2, 0) is 0 Å². The topological polar surface area (TPSA) is 35.0 Å². The van der Waals surface area contributed by atoms with Gasteiger partial charge in [0.2, 0.25) is 0 Å². The van der Waals surface area contributed by atoms with Crippen LogP contribution in [0.1, 0.15) is 0 Å². The van der Waals surface area contributed by atoms with Gasteiger partial charge in [0.05, 0.1) is 12.5 Å². The summed E-state index contributed by atoms with van der Waals surface area (Å²) in [6.07, 6.45) is 0.